The number of halogens is 1. The van der Waals surface area contributed by atoms with Gasteiger partial charge in [-0.3, -0.25) is 0 Å². The van der Waals surface area contributed by atoms with Gasteiger partial charge in [-0.25, -0.2) is 9.97 Å². The Balaban J connectivity index is 1.27. The highest BCUT2D eigenvalue weighted by Crippen LogP contribution is 2.40. The molecule has 0 aliphatic heterocycles. The number of aromatic nitrogens is 2. The first-order chi connectivity index (χ1) is 21.7. The van der Waals surface area contributed by atoms with E-state index in [9.17, 15) is 0 Å². The third-order valence-corrected chi connectivity index (χ3v) is 8.75. The predicted molar refractivity (Wildman–Crippen MR) is 183 cm³/mol. The molecular formula is C40H23ClN2O. The van der Waals surface area contributed by atoms with Crippen LogP contribution in [0.15, 0.2) is 144 Å². The Labute approximate surface area is 258 Å². The minimum absolute atomic E-state index is 0.639. The fourth-order valence-corrected chi connectivity index (χ4v) is 6.63. The van der Waals surface area contributed by atoms with Crippen molar-refractivity contribution < 1.29 is 4.42 Å². The second kappa shape index (κ2) is 9.77. The van der Waals surface area contributed by atoms with E-state index < -0.39 is 0 Å². The molecule has 0 unspecified atom stereocenters. The van der Waals surface area contributed by atoms with Crippen LogP contribution in [0.3, 0.4) is 0 Å². The summed E-state index contributed by atoms with van der Waals surface area (Å²) in [5, 5.41) is 9.08. The summed E-state index contributed by atoms with van der Waals surface area (Å²) < 4.78 is 6.39. The molecule has 2 aromatic heterocycles. The van der Waals surface area contributed by atoms with Gasteiger partial charge in [0.05, 0.1) is 0 Å². The van der Waals surface area contributed by atoms with Gasteiger partial charge >= 0.3 is 0 Å². The van der Waals surface area contributed by atoms with Crippen LogP contribution in [-0.4, -0.2) is 9.97 Å². The summed E-state index contributed by atoms with van der Waals surface area (Å²) in [6, 6.07) is 48.4. The molecule has 9 rings (SSSR count). The average Bonchev–Trinajstić information content (AvgIpc) is 3.46. The quantitative estimate of drug-likeness (QED) is 0.194. The standard InChI is InChI=1S/C40H23ClN2O/c41-28-18-20-36-35(23-28)38-39(44-36)37(42-40(43-38)24-9-2-1-3-10-24)27-12-8-11-25(21-27)26-17-19-33-31-15-5-4-13-29(31)30-14-6-7-16-32(30)34(33)22-26/h1-23H. The monoisotopic (exact) mass is 582 g/mol. The topological polar surface area (TPSA) is 38.9 Å². The molecule has 4 heteroatoms. The van der Waals surface area contributed by atoms with E-state index in [2.05, 4.69) is 91.0 Å². The zero-order chi connectivity index (χ0) is 29.2. The lowest BCUT2D eigenvalue weighted by Crippen LogP contribution is -1.94. The maximum absolute atomic E-state index is 6.40. The Morgan fingerprint density at radius 3 is 1.80 bits per heavy atom. The molecule has 9 aromatic rings. The van der Waals surface area contributed by atoms with Gasteiger partial charge in [-0.1, -0.05) is 121 Å². The molecule has 0 radical (unpaired) electrons. The lowest BCUT2D eigenvalue weighted by Gasteiger charge is -2.12. The molecule has 44 heavy (non-hydrogen) atoms. The van der Waals surface area contributed by atoms with Gasteiger partial charge in [0.25, 0.3) is 0 Å². The molecule has 3 nitrogen and oxygen atoms in total. The fraction of sp³-hybridized carbons (Fsp3) is 0. The number of rotatable bonds is 3. The van der Waals surface area contributed by atoms with Crippen LogP contribution in [0.2, 0.25) is 5.02 Å². The van der Waals surface area contributed by atoms with Crippen LogP contribution in [0.5, 0.6) is 0 Å². The molecule has 0 saturated heterocycles. The molecule has 0 N–H and O–H groups in total. The fourth-order valence-electron chi connectivity index (χ4n) is 6.46. The Morgan fingerprint density at radius 1 is 0.432 bits per heavy atom. The molecule has 2 heterocycles. The van der Waals surface area contributed by atoms with Gasteiger partial charge in [0, 0.05) is 21.5 Å². The van der Waals surface area contributed by atoms with E-state index in [0.717, 1.165) is 44.4 Å². The van der Waals surface area contributed by atoms with Crippen molar-refractivity contribution in [2.24, 2.45) is 0 Å². The molecule has 0 fully saturated rings. The molecule has 7 aromatic carbocycles. The summed E-state index contributed by atoms with van der Waals surface area (Å²) in [6.07, 6.45) is 0. The largest absolute Gasteiger partial charge is 0.452 e. The first kappa shape index (κ1) is 25.0. The molecule has 0 aliphatic rings. The van der Waals surface area contributed by atoms with Crippen LogP contribution in [0.1, 0.15) is 0 Å². The third-order valence-electron chi connectivity index (χ3n) is 8.52. The highest BCUT2D eigenvalue weighted by atomic mass is 35.5. The Kier molecular flexibility index (Phi) is 5.56. The Morgan fingerprint density at radius 2 is 1.05 bits per heavy atom. The molecule has 0 amide bonds. The predicted octanol–water partition coefficient (Wildman–Crippen LogP) is 11.5. The Hall–Kier alpha value is -5.51. The minimum Gasteiger partial charge on any atom is -0.452 e. The number of hydrogen-bond acceptors (Lipinski definition) is 3. The summed E-state index contributed by atoms with van der Waals surface area (Å²) in [7, 11) is 0. The molecule has 0 spiro atoms. The van der Waals surface area contributed by atoms with E-state index in [0.29, 0.717) is 16.4 Å². The summed E-state index contributed by atoms with van der Waals surface area (Å²) in [6.45, 7) is 0. The van der Waals surface area contributed by atoms with E-state index in [1.54, 1.807) is 0 Å². The van der Waals surface area contributed by atoms with Gasteiger partial charge in [-0.05, 0) is 73.8 Å². The molecule has 206 valence electrons. The molecule has 0 bridgehead atoms. The second-order valence-electron chi connectivity index (χ2n) is 11.1. The molecular weight excluding hydrogens is 560 g/mol. The zero-order valence-corrected chi connectivity index (χ0v) is 24.2. The van der Waals surface area contributed by atoms with Gasteiger partial charge in [0.2, 0.25) is 0 Å². The number of benzene rings is 7. The number of fused-ring (bicyclic) bond motifs is 9. The van der Waals surface area contributed by atoms with Gasteiger partial charge in [0.15, 0.2) is 11.4 Å². The van der Waals surface area contributed by atoms with Crippen molar-refractivity contribution in [1.82, 2.24) is 9.97 Å². The first-order valence-electron chi connectivity index (χ1n) is 14.6. The van der Waals surface area contributed by atoms with Crippen molar-refractivity contribution in [2.45, 2.75) is 0 Å². The number of furan rings is 1. The second-order valence-corrected chi connectivity index (χ2v) is 11.6. The van der Waals surface area contributed by atoms with Crippen LogP contribution < -0.4 is 0 Å². The molecule has 0 saturated carbocycles. The van der Waals surface area contributed by atoms with Gasteiger partial charge in [-0.2, -0.15) is 0 Å². The van der Waals surface area contributed by atoms with E-state index >= 15 is 0 Å². The van der Waals surface area contributed by atoms with E-state index in [4.69, 9.17) is 26.0 Å². The average molecular weight is 583 g/mol. The summed E-state index contributed by atoms with van der Waals surface area (Å²) in [4.78, 5) is 10.0. The van der Waals surface area contributed by atoms with Crippen molar-refractivity contribution in [1.29, 1.82) is 0 Å². The van der Waals surface area contributed by atoms with Crippen LogP contribution >= 0.6 is 11.6 Å². The van der Waals surface area contributed by atoms with Gasteiger partial charge in [-0.15, -0.1) is 0 Å². The van der Waals surface area contributed by atoms with Gasteiger partial charge in [0.1, 0.15) is 16.8 Å². The van der Waals surface area contributed by atoms with E-state index in [-0.39, 0.29) is 0 Å². The minimum atomic E-state index is 0.639. The van der Waals surface area contributed by atoms with Crippen LogP contribution in [-0.2, 0) is 0 Å². The Bertz CT molecular complexity index is 2530. The summed E-state index contributed by atoms with van der Waals surface area (Å²) in [5.74, 6) is 0.644. The maximum atomic E-state index is 6.40. The molecule has 0 atom stereocenters. The lowest BCUT2D eigenvalue weighted by atomic mass is 9.91. The lowest BCUT2D eigenvalue weighted by molar-refractivity contribution is 0.667. The smallest absolute Gasteiger partial charge is 0.180 e. The summed E-state index contributed by atoms with van der Waals surface area (Å²) >= 11 is 6.40. The highest BCUT2D eigenvalue weighted by molar-refractivity contribution is 6.31. The van der Waals surface area contributed by atoms with E-state index in [1.807, 2.05) is 48.5 Å². The van der Waals surface area contributed by atoms with Crippen LogP contribution in [0.25, 0.3) is 88.2 Å². The summed E-state index contributed by atoms with van der Waals surface area (Å²) in [5.41, 5.74) is 7.03. The van der Waals surface area contributed by atoms with Crippen molar-refractivity contribution in [2.75, 3.05) is 0 Å². The van der Waals surface area contributed by atoms with Crippen molar-refractivity contribution in [3.63, 3.8) is 0 Å². The number of nitrogens with zero attached hydrogens (tertiary/aromatic N) is 2. The van der Waals surface area contributed by atoms with Gasteiger partial charge < -0.3 is 4.42 Å². The highest BCUT2D eigenvalue weighted by Gasteiger charge is 2.19. The number of hydrogen-bond donors (Lipinski definition) is 0. The zero-order valence-electron chi connectivity index (χ0n) is 23.5. The van der Waals surface area contributed by atoms with Crippen molar-refractivity contribution >= 4 is 66.0 Å². The van der Waals surface area contributed by atoms with Crippen LogP contribution in [0.4, 0.5) is 0 Å². The molecule has 0 aliphatic carbocycles. The normalized spacial score (nSPS) is 11.8. The van der Waals surface area contributed by atoms with Crippen LogP contribution in [0, 0.1) is 0 Å². The van der Waals surface area contributed by atoms with E-state index in [1.165, 1.54) is 32.3 Å². The third kappa shape index (κ3) is 3.90. The van der Waals surface area contributed by atoms with Crippen molar-refractivity contribution in [3.8, 4) is 33.8 Å². The SMILES string of the molecule is Clc1ccc2oc3c(-c4cccc(-c5ccc6c7ccccc7c7ccccc7c6c5)c4)nc(-c4ccccc4)nc3c2c1. The van der Waals surface area contributed by atoms with Crippen molar-refractivity contribution in [3.05, 3.63) is 145 Å². The first-order valence-corrected chi connectivity index (χ1v) is 15.0. The maximum Gasteiger partial charge on any atom is 0.180 e.